The number of rotatable bonds is 24. The second-order valence-electron chi connectivity index (χ2n) is 9.54. The van der Waals surface area contributed by atoms with E-state index in [0.29, 0.717) is 21.2 Å². The molecule has 36 heavy (non-hydrogen) atoms. The normalized spacial score (nSPS) is 14.9. The van der Waals surface area contributed by atoms with Crippen LogP contribution in [0.15, 0.2) is 0 Å². The van der Waals surface area contributed by atoms with Gasteiger partial charge in [-0.3, -0.25) is 8.42 Å². The van der Waals surface area contributed by atoms with Gasteiger partial charge in [0, 0.05) is 0 Å². The highest BCUT2D eigenvalue weighted by atomic mass is 33.1. The van der Waals surface area contributed by atoms with Crippen LogP contribution in [0.5, 0.6) is 0 Å². The molecular formula is C26H48O4S6-2. The van der Waals surface area contributed by atoms with E-state index in [4.69, 9.17) is 24.4 Å². The summed E-state index contributed by atoms with van der Waals surface area (Å²) in [5.41, 5.74) is 0. The number of thiocarbonyl (C=S) groups is 2. The Labute approximate surface area is 245 Å². The van der Waals surface area contributed by atoms with Gasteiger partial charge in [0.1, 0.15) is 0 Å². The zero-order valence-corrected chi connectivity index (χ0v) is 27.3. The molecule has 0 heterocycles. The highest BCUT2D eigenvalue weighted by Crippen LogP contribution is 2.32. The van der Waals surface area contributed by atoms with E-state index in [1.54, 1.807) is 0 Å². The monoisotopic (exact) mass is 616 g/mol. The number of unbranched alkanes of at least 4 members (excludes halogenated alkanes) is 16. The van der Waals surface area contributed by atoms with E-state index in [1.807, 2.05) is 0 Å². The maximum absolute atomic E-state index is 11.8. The van der Waals surface area contributed by atoms with Crippen molar-refractivity contribution in [3.8, 4) is 0 Å². The van der Waals surface area contributed by atoms with Gasteiger partial charge in [-0.15, -0.1) is 0 Å². The Hall–Kier alpha value is 1.10. The Morgan fingerprint density at radius 1 is 0.556 bits per heavy atom. The second kappa shape index (κ2) is 26.3. The van der Waals surface area contributed by atoms with Crippen LogP contribution in [-0.4, -0.2) is 36.4 Å². The summed E-state index contributed by atoms with van der Waals surface area (Å²) in [7, 11) is 2.29. The Balaban J connectivity index is 4.22. The summed E-state index contributed by atoms with van der Waals surface area (Å²) < 4.78 is 47.8. The summed E-state index contributed by atoms with van der Waals surface area (Å²) in [6, 6.07) is 0. The van der Waals surface area contributed by atoms with Gasteiger partial charge in [0.2, 0.25) is 0 Å². The van der Waals surface area contributed by atoms with E-state index in [-0.39, 0.29) is 0 Å². The minimum Gasteiger partial charge on any atom is -0.772 e. The number of hydrogen-bond acceptors (Lipinski definition) is 8. The van der Waals surface area contributed by atoms with Crippen molar-refractivity contribution in [1.82, 2.24) is 0 Å². The molecule has 0 aliphatic rings. The molecule has 0 radical (unpaired) electrons. The lowest BCUT2D eigenvalue weighted by Gasteiger charge is -2.22. The van der Waals surface area contributed by atoms with Gasteiger partial charge in [-0.25, -0.2) is 0 Å². The van der Waals surface area contributed by atoms with Crippen LogP contribution in [0.3, 0.4) is 0 Å². The smallest absolute Gasteiger partial charge is 0.0735 e. The van der Waals surface area contributed by atoms with Crippen molar-refractivity contribution >= 4 is 76.6 Å². The molecule has 0 saturated carbocycles. The van der Waals surface area contributed by atoms with Crippen molar-refractivity contribution in [2.75, 3.05) is 0 Å². The van der Waals surface area contributed by atoms with E-state index >= 15 is 0 Å². The molecule has 0 aliphatic heterocycles. The van der Waals surface area contributed by atoms with Gasteiger partial charge >= 0.3 is 0 Å². The van der Waals surface area contributed by atoms with Crippen molar-refractivity contribution in [3.05, 3.63) is 0 Å². The molecule has 4 unspecified atom stereocenters. The van der Waals surface area contributed by atoms with Crippen LogP contribution in [-0.2, 0) is 22.2 Å². The molecule has 0 amide bonds. The van der Waals surface area contributed by atoms with Crippen molar-refractivity contribution in [1.29, 1.82) is 0 Å². The molecule has 0 aromatic heterocycles. The van der Waals surface area contributed by atoms with Crippen molar-refractivity contribution in [2.45, 2.75) is 153 Å². The maximum atomic E-state index is 11.8. The summed E-state index contributed by atoms with van der Waals surface area (Å²) >= 11 is 6.22. The first-order chi connectivity index (χ1) is 17.3. The Morgan fingerprint density at radius 3 is 1.06 bits per heavy atom. The van der Waals surface area contributed by atoms with E-state index < -0.39 is 32.7 Å². The molecule has 0 saturated heterocycles. The highest BCUT2D eigenvalue weighted by Gasteiger charge is 2.21. The molecular weight excluding hydrogens is 569 g/mol. The van der Waals surface area contributed by atoms with E-state index in [1.165, 1.54) is 77.0 Å². The lowest BCUT2D eigenvalue weighted by molar-refractivity contribution is 0.520. The molecule has 0 aliphatic carbocycles. The van der Waals surface area contributed by atoms with Crippen LogP contribution in [0, 0.1) is 0 Å². The first-order valence-electron chi connectivity index (χ1n) is 13.9. The summed E-state index contributed by atoms with van der Waals surface area (Å²) in [5.74, 6) is 0. The Bertz CT molecular complexity index is 565. The maximum Gasteiger partial charge on any atom is 0.0735 e. The van der Waals surface area contributed by atoms with E-state index in [9.17, 15) is 17.5 Å². The van der Waals surface area contributed by atoms with Gasteiger partial charge in [-0.05, 0) is 56.6 Å². The lowest BCUT2D eigenvalue weighted by atomic mass is 10.1. The second-order valence-corrected chi connectivity index (χ2v) is 15.3. The summed E-state index contributed by atoms with van der Waals surface area (Å²) in [4.78, 5) is 0. The van der Waals surface area contributed by atoms with Gasteiger partial charge in [-0.2, -0.15) is 0 Å². The van der Waals surface area contributed by atoms with E-state index in [2.05, 4.69) is 13.8 Å². The predicted molar refractivity (Wildman–Crippen MR) is 169 cm³/mol. The third-order valence-corrected chi connectivity index (χ3v) is 12.8. The zero-order valence-electron chi connectivity index (χ0n) is 22.4. The fourth-order valence-corrected chi connectivity index (χ4v) is 9.34. The van der Waals surface area contributed by atoms with Crippen LogP contribution < -0.4 is 0 Å². The first kappa shape index (κ1) is 37.1. The SMILES string of the molecule is CCCCCCCCCCCC(C(=S)SSC(=S)C(CCCCCCCCCCC)S(=O)[O-])S(=O)[O-]. The molecule has 0 N–H and O–H groups in total. The van der Waals surface area contributed by atoms with Gasteiger partial charge in [-0.1, -0.05) is 154 Å². The summed E-state index contributed by atoms with van der Waals surface area (Å²) in [6.45, 7) is 4.43. The Morgan fingerprint density at radius 2 is 0.806 bits per heavy atom. The zero-order chi connectivity index (χ0) is 27.0. The van der Waals surface area contributed by atoms with Crippen LogP contribution in [0.25, 0.3) is 0 Å². The van der Waals surface area contributed by atoms with Crippen molar-refractivity contribution < 1.29 is 17.5 Å². The van der Waals surface area contributed by atoms with Crippen LogP contribution in [0.1, 0.15) is 142 Å². The van der Waals surface area contributed by atoms with Crippen LogP contribution in [0.4, 0.5) is 0 Å². The molecule has 0 fully saturated rings. The quantitative estimate of drug-likeness (QED) is 0.0459. The third-order valence-electron chi connectivity index (χ3n) is 6.34. The first-order valence-corrected chi connectivity index (χ1v) is 19.2. The average molecular weight is 617 g/mol. The molecule has 0 spiro atoms. The molecule has 214 valence electrons. The van der Waals surface area contributed by atoms with Gasteiger partial charge < -0.3 is 9.11 Å². The summed E-state index contributed by atoms with van der Waals surface area (Å²) in [5, 5.41) is -1.39. The molecule has 4 atom stereocenters. The summed E-state index contributed by atoms with van der Waals surface area (Å²) in [6.07, 6.45) is 22.1. The lowest BCUT2D eigenvalue weighted by Crippen LogP contribution is -2.24. The van der Waals surface area contributed by atoms with Crippen molar-refractivity contribution in [3.63, 3.8) is 0 Å². The largest absolute Gasteiger partial charge is 0.772 e. The standard InChI is InChI=1S/C26H50O4S6/c1-3-5-7-9-11-13-15-17-19-21-23(35(27)28)25(31)33-34-26(32)24(36(29)30)22-20-18-16-14-12-10-8-6-4-2/h23-24H,3-22H2,1-2H3,(H,27,28)(H,29,30)/p-2. The molecule has 0 bridgehead atoms. The third kappa shape index (κ3) is 21.0. The van der Waals surface area contributed by atoms with Crippen LogP contribution in [0.2, 0.25) is 0 Å². The fraction of sp³-hybridized carbons (Fsp3) is 0.923. The average Bonchev–Trinajstić information content (AvgIpc) is 2.84. The molecule has 0 aromatic carbocycles. The minimum absolute atomic E-state index is 0.369. The van der Waals surface area contributed by atoms with Crippen molar-refractivity contribution in [2.24, 2.45) is 0 Å². The number of hydrogen-bond donors (Lipinski definition) is 0. The van der Waals surface area contributed by atoms with Gasteiger partial charge in [0.05, 0.1) is 18.9 Å². The molecule has 0 aromatic rings. The molecule has 10 heteroatoms. The molecule has 4 nitrogen and oxygen atoms in total. The fourth-order valence-electron chi connectivity index (χ4n) is 4.06. The van der Waals surface area contributed by atoms with Crippen LogP contribution >= 0.6 is 46.0 Å². The van der Waals surface area contributed by atoms with Gasteiger partial charge in [0.25, 0.3) is 0 Å². The van der Waals surface area contributed by atoms with E-state index in [0.717, 1.165) is 60.1 Å². The Kier molecular flexibility index (Phi) is 27.1. The molecule has 0 rings (SSSR count). The van der Waals surface area contributed by atoms with Gasteiger partial charge in [0.15, 0.2) is 0 Å². The topological polar surface area (TPSA) is 80.3 Å². The predicted octanol–water partition coefficient (Wildman–Crippen LogP) is 9.36. The minimum atomic E-state index is -2.28. The highest BCUT2D eigenvalue weighted by molar-refractivity contribution is 8.89.